The molecule has 31 heavy (non-hydrogen) atoms. The molecule has 0 spiro atoms. The first kappa shape index (κ1) is 23.5. The van der Waals surface area contributed by atoms with Crippen molar-refractivity contribution in [1.29, 1.82) is 0 Å². The molecule has 7 heteroatoms. The van der Waals surface area contributed by atoms with Crippen LogP contribution >= 0.6 is 11.6 Å². The van der Waals surface area contributed by atoms with Gasteiger partial charge in [0, 0.05) is 44.4 Å². The highest BCUT2D eigenvalue weighted by atomic mass is 35.5. The minimum atomic E-state index is -0.176. The zero-order valence-corrected chi connectivity index (χ0v) is 19.0. The van der Waals surface area contributed by atoms with Crippen molar-refractivity contribution in [3.63, 3.8) is 0 Å². The summed E-state index contributed by atoms with van der Waals surface area (Å²) in [5.74, 6) is 0.936. The molecule has 1 aliphatic rings. The zero-order valence-electron chi connectivity index (χ0n) is 18.3. The van der Waals surface area contributed by atoms with Gasteiger partial charge in [0.15, 0.2) is 0 Å². The molecule has 0 aliphatic carbocycles. The lowest BCUT2D eigenvalue weighted by Crippen LogP contribution is -2.43. The van der Waals surface area contributed by atoms with E-state index < -0.39 is 0 Å². The number of nitrogens with one attached hydrogen (secondary N) is 2. The highest BCUT2D eigenvalue weighted by molar-refractivity contribution is 6.30. The molecule has 0 unspecified atom stereocenters. The van der Waals surface area contributed by atoms with E-state index in [1.807, 2.05) is 43.3 Å². The van der Waals surface area contributed by atoms with E-state index in [9.17, 15) is 4.79 Å². The van der Waals surface area contributed by atoms with Crippen LogP contribution in [0.1, 0.15) is 24.5 Å². The third-order valence-corrected chi connectivity index (χ3v) is 5.69. The van der Waals surface area contributed by atoms with Crippen molar-refractivity contribution in [1.82, 2.24) is 15.5 Å². The average molecular weight is 446 g/mol. The lowest BCUT2D eigenvalue weighted by molar-refractivity contribution is -0.125. The Bertz CT molecular complexity index is 814. The molecule has 1 saturated heterocycles. The first-order chi connectivity index (χ1) is 15.1. The van der Waals surface area contributed by atoms with Crippen LogP contribution in [-0.4, -0.2) is 56.3 Å². The fourth-order valence-corrected chi connectivity index (χ4v) is 3.98. The normalized spacial score (nSPS) is 18.8. The number of halogens is 1. The quantitative estimate of drug-likeness (QED) is 0.520. The molecule has 0 bridgehead atoms. The SMILES string of the molecule is CCOc1ccc(CN[C@H]2C[C@@H](C(=O)NCCOC)N(Cc3ccc(Cl)cc3)C2)cc1. The highest BCUT2D eigenvalue weighted by Crippen LogP contribution is 2.22. The van der Waals surface area contributed by atoms with Crippen molar-refractivity contribution in [3.05, 3.63) is 64.7 Å². The summed E-state index contributed by atoms with van der Waals surface area (Å²) in [5.41, 5.74) is 2.34. The Morgan fingerprint density at radius 1 is 1.13 bits per heavy atom. The molecule has 0 radical (unpaired) electrons. The van der Waals surface area contributed by atoms with Crippen LogP contribution in [-0.2, 0) is 22.6 Å². The zero-order chi connectivity index (χ0) is 22.1. The molecular formula is C24H32ClN3O3. The predicted octanol–water partition coefficient (Wildman–Crippen LogP) is 3.23. The van der Waals surface area contributed by atoms with Crippen LogP contribution in [0.15, 0.2) is 48.5 Å². The van der Waals surface area contributed by atoms with Crippen LogP contribution in [0.3, 0.4) is 0 Å². The monoisotopic (exact) mass is 445 g/mol. The summed E-state index contributed by atoms with van der Waals surface area (Å²) in [5, 5.41) is 7.33. The van der Waals surface area contributed by atoms with E-state index in [2.05, 4.69) is 27.7 Å². The van der Waals surface area contributed by atoms with Crippen LogP contribution < -0.4 is 15.4 Å². The number of hydrogen-bond acceptors (Lipinski definition) is 5. The number of likely N-dealkylation sites (tertiary alicyclic amines) is 1. The van der Waals surface area contributed by atoms with E-state index in [1.54, 1.807) is 7.11 Å². The molecule has 0 saturated carbocycles. The lowest BCUT2D eigenvalue weighted by Gasteiger charge is -2.23. The van der Waals surface area contributed by atoms with Gasteiger partial charge in [-0.3, -0.25) is 9.69 Å². The molecule has 2 atom stereocenters. The molecular weight excluding hydrogens is 414 g/mol. The highest BCUT2D eigenvalue weighted by Gasteiger charge is 2.36. The van der Waals surface area contributed by atoms with Crippen molar-refractivity contribution in [2.24, 2.45) is 0 Å². The van der Waals surface area contributed by atoms with Crippen LogP contribution in [0.4, 0.5) is 0 Å². The minimum absolute atomic E-state index is 0.0522. The van der Waals surface area contributed by atoms with E-state index in [1.165, 1.54) is 5.56 Å². The van der Waals surface area contributed by atoms with E-state index in [0.29, 0.717) is 31.3 Å². The average Bonchev–Trinajstić information content (AvgIpc) is 3.18. The summed E-state index contributed by atoms with van der Waals surface area (Å²) in [7, 11) is 1.63. The fourth-order valence-electron chi connectivity index (χ4n) is 3.85. The lowest BCUT2D eigenvalue weighted by atomic mass is 10.1. The molecule has 6 nitrogen and oxygen atoms in total. The summed E-state index contributed by atoms with van der Waals surface area (Å²) in [6, 6.07) is 16.0. The fraction of sp³-hybridized carbons (Fsp3) is 0.458. The number of methoxy groups -OCH3 is 1. The molecule has 1 heterocycles. The third-order valence-electron chi connectivity index (χ3n) is 5.44. The molecule has 1 amide bonds. The summed E-state index contributed by atoms with van der Waals surface area (Å²) in [6.45, 7) is 5.94. The Morgan fingerprint density at radius 3 is 2.52 bits per heavy atom. The summed E-state index contributed by atoms with van der Waals surface area (Å²) >= 11 is 6.02. The van der Waals surface area contributed by atoms with Gasteiger partial charge in [-0.1, -0.05) is 35.9 Å². The summed E-state index contributed by atoms with van der Waals surface area (Å²) < 4.78 is 10.6. The summed E-state index contributed by atoms with van der Waals surface area (Å²) in [4.78, 5) is 15.1. The maximum absolute atomic E-state index is 12.8. The molecule has 2 N–H and O–H groups in total. The van der Waals surface area contributed by atoms with Crippen molar-refractivity contribution >= 4 is 17.5 Å². The van der Waals surface area contributed by atoms with Gasteiger partial charge >= 0.3 is 0 Å². The molecule has 0 aromatic heterocycles. The van der Waals surface area contributed by atoms with Gasteiger partial charge < -0.3 is 20.1 Å². The third kappa shape index (κ3) is 7.21. The van der Waals surface area contributed by atoms with Crippen molar-refractivity contribution in [3.8, 4) is 5.75 Å². The Labute approximate surface area is 189 Å². The van der Waals surface area contributed by atoms with Gasteiger partial charge in [0.2, 0.25) is 5.91 Å². The predicted molar refractivity (Wildman–Crippen MR) is 123 cm³/mol. The number of rotatable bonds is 11. The molecule has 1 fully saturated rings. The number of nitrogens with zero attached hydrogens (tertiary/aromatic N) is 1. The van der Waals surface area contributed by atoms with E-state index in [-0.39, 0.29) is 18.0 Å². The number of hydrogen-bond donors (Lipinski definition) is 2. The number of amides is 1. The van der Waals surface area contributed by atoms with Gasteiger partial charge in [-0.2, -0.15) is 0 Å². The van der Waals surface area contributed by atoms with E-state index >= 15 is 0 Å². The Morgan fingerprint density at radius 2 is 1.84 bits per heavy atom. The second-order valence-electron chi connectivity index (χ2n) is 7.75. The van der Waals surface area contributed by atoms with Gasteiger partial charge in [-0.15, -0.1) is 0 Å². The first-order valence-electron chi connectivity index (χ1n) is 10.8. The Kier molecular flexibility index (Phi) is 9.15. The minimum Gasteiger partial charge on any atom is -0.494 e. The second-order valence-corrected chi connectivity index (χ2v) is 8.18. The molecule has 3 rings (SSSR count). The molecule has 1 aliphatic heterocycles. The smallest absolute Gasteiger partial charge is 0.237 e. The van der Waals surface area contributed by atoms with E-state index in [4.69, 9.17) is 21.1 Å². The van der Waals surface area contributed by atoms with Crippen LogP contribution in [0.2, 0.25) is 5.02 Å². The number of carbonyl (C=O) groups is 1. The van der Waals surface area contributed by atoms with Crippen molar-refractivity contribution in [2.45, 2.75) is 38.5 Å². The topological polar surface area (TPSA) is 62.8 Å². The molecule has 2 aromatic rings. The van der Waals surface area contributed by atoms with Gasteiger partial charge in [0.1, 0.15) is 5.75 Å². The van der Waals surface area contributed by atoms with Gasteiger partial charge in [-0.05, 0) is 48.7 Å². The number of ether oxygens (including phenoxy) is 2. The van der Waals surface area contributed by atoms with Gasteiger partial charge in [0.25, 0.3) is 0 Å². The van der Waals surface area contributed by atoms with E-state index in [0.717, 1.165) is 30.8 Å². The Hall–Kier alpha value is -2.12. The van der Waals surface area contributed by atoms with Crippen LogP contribution in [0.25, 0.3) is 0 Å². The van der Waals surface area contributed by atoms with Crippen molar-refractivity contribution in [2.75, 3.05) is 33.4 Å². The molecule has 2 aromatic carbocycles. The maximum Gasteiger partial charge on any atom is 0.237 e. The molecule has 168 valence electrons. The maximum atomic E-state index is 12.8. The summed E-state index contributed by atoms with van der Waals surface area (Å²) in [6.07, 6.45) is 0.767. The second kappa shape index (κ2) is 12.1. The number of benzene rings is 2. The standard InChI is InChI=1S/C24H32ClN3O3/c1-3-31-22-10-6-18(7-11-22)15-27-21-14-23(24(29)26-12-13-30-2)28(17-21)16-19-4-8-20(25)9-5-19/h4-11,21,23,27H,3,12-17H2,1-2H3,(H,26,29)/t21-,23-/m0/s1. The van der Waals surface area contributed by atoms with Crippen LogP contribution in [0.5, 0.6) is 5.75 Å². The van der Waals surface area contributed by atoms with Gasteiger partial charge in [0.05, 0.1) is 19.3 Å². The van der Waals surface area contributed by atoms with Crippen molar-refractivity contribution < 1.29 is 14.3 Å². The largest absolute Gasteiger partial charge is 0.494 e. The first-order valence-corrected chi connectivity index (χ1v) is 11.2. The van der Waals surface area contributed by atoms with Gasteiger partial charge in [-0.25, -0.2) is 0 Å². The Balaban J connectivity index is 1.60. The van der Waals surface area contributed by atoms with Crippen LogP contribution in [0, 0.1) is 0 Å². The number of carbonyl (C=O) groups excluding carboxylic acids is 1.